The summed E-state index contributed by atoms with van der Waals surface area (Å²) in [6, 6.07) is 0. The monoisotopic (exact) mass is 1190 g/mol. The van der Waals surface area contributed by atoms with E-state index in [9.17, 15) is 19.5 Å². The van der Waals surface area contributed by atoms with E-state index in [2.05, 4.69) is 111 Å². The first-order valence-electron chi connectivity index (χ1n) is 35.4. The molecule has 0 heterocycles. The van der Waals surface area contributed by atoms with Gasteiger partial charge in [0.1, 0.15) is 13.2 Å². The molecule has 0 rings (SSSR count). The van der Waals surface area contributed by atoms with Crippen molar-refractivity contribution in [3.8, 4) is 0 Å². The van der Waals surface area contributed by atoms with Crippen LogP contribution in [0.25, 0.3) is 0 Å². The molecule has 0 amide bonds. The summed E-state index contributed by atoms with van der Waals surface area (Å²) in [5.74, 6) is -2.27. The summed E-state index contributed by atoms with van der Waals surface area (Å²) in [5, 5.41) is 11.8. The van der Waals surface area contributed by atoms with Crippen LogP contribution in [0.1, 0.15) is 309 Å². The minimum Gasteiger partial charge on any atom is -0.545 e. The van der Waals surface area contributed by atoms with E-state index < -0.39 is 24.3 Å². The Morgan fingerprint density at radius 2 is 0.671 bits per heavy atom. The fraction of sp³-hybridized carbons (Fsp3) is 0.750. The van der Waals surface area contributed by atoms with Crippen LogP contribution in [0.5, 0.6) is 0 Å². The predicted octanol–water partition coefficient (Wildman–Crippen LogP) is 20.7. The van der Waals surface area contributed by atoms with Crippen molar-refractivity contribution in [1.82, 2.24) is 0 Å². The van der Waals surface area contributed by atoms with Crippen LogP contribution in [0.2, 0.25) is 0 Å². The lowest BCUT2D eigenvalue weighted by Gasteiger charge is -2.26. The number of allylic oxidation sites excluding steroid dienone is 16. The van der Waals surface area contributed by atoms with Crippen LogP contribution < -0.4 is 5.11 Å². The SMILES string of the molecule is CC/C=C\C/C=C\C/C=C\C/C=C\C/C=C\C/C=C\C/C=C\C/C=C\CCCCCCCCCCCCCCC(=O)OC(COC(=O)CCCCCCCCCCCCCCCCCCCCCCCCC)COC(OCC[N+](C)(C)C)C(=O)[O-]. The van der Waals surface area contributed by atoms with Crippen molar-refractivity contribution >= 4 is 17.9 Å². The van der Waals surface area contributed by atoms with Crippen LogP contribution in [0.15, 0.2) is 97.2 Å². The van der Waals surface area contributed by atoms with Crippen LogP contribution in [-0.4, -0.2) is 82.3 Å². The van der Waals surface area contributed by atoms with Gasteiger partial charge in [-0.1, -0.05) is 317 Å². The predicted molar refractivity (Wildman–Crippen MR) is 361 cm³/mol. The van der Waals surface area contributed by atoms with Gasteiger partial charge in [-0.25, -0.2) is 0 Å². The zero-order valence-corrected chi connectivity index (χ0v) is 56.0. The lowest BCUT2D eigenvalue weighted by molar-refractivity contribution is -0.870. The molecule has 0 aromatic rings. The van der Waals surface area contributed by atoms with Crippen molar-refractivity contribution in [2.24, 2.45) is 0 Å². The van der Waals surface area contributed by atoms with E-state index in [0.717, 1.165) is 89.9 Å². The molecule has 490 valence electrons. The van der Waals surface area contributed by atoms with E-state index in [1.165, 1.54) is 186 Å². The third-order valence-corrected chi connectivity index (χ3v) is 15.3. The number of quaternary nitrogens is 1. The zero-order valence-electron chi connectivity index (χ0n) is 56.0. The quantitative estimate of drug-likeness (QED) is 0.0195. The van der Waals surface area contributed by atoms with Gasteiger partial charge in [0.15, 0.2) is 12.4 Å². The maximum absolute atomic E-state index is 12.9. The average molecular weight is 1190 g/mol. The van der Waals surface area contributed by atoms with Crippen LogP contribution in [0.4, 0.5) is 0 Å². The molecule has 0 aliphatic heterocycles. The highest BCUT2D eigenvalue weighted by molar-refractivity contribution is 5.70. The van der Waals surface area contributed by atoms with Gasteiger partial charge in [-0.2, -0.15) is 0 Å². The number of rotatable bonds is 65. The fourth-order valence-electron chi connectivity index (χ4n) is 9.97. The molecule has 9 heteroatoms. The van der Waals surface area contributed by atoms with Crippen LogP contribution >= 0.6 is 0 Å². The normalized spacial score (nSPS) is 13.3. The van der Waals surface area contributed by atoms with Crippen LogP contribution in [0, 0.1) is 0 Å². The molecule has 0 fully saturated rings. The number of hydrogen-bond acceptors (Lipinski definition) is 8. The van der Waals surface area contributed by atoms with Crippen molar-refractivity contribution < 1.29 is 42.9 Å². The summed E-state index contributed by atoms with van der Waals surface area (Å²) >= 11 is 0. The van der Waals surface area contributed by atoms with Gasteiger partial charge >= 0.3 is 11.9 Å². The van der Waals surface area contributed by atoms with Gasteiger partial charge in [0.05, 0.1) is 40.3 Å². The molecule has 2 unspecified atom stereocenters. The smallest absolute Gasteiger partial charge is 0.306 e. The maximum atomic E-state index is 12.9. The highest BCUT2D eigenvalue weighted by atomic mass is 16.7. The van der Waals surface area contributed by atoms with Crippen molar-refractivity contribution in [3.63, 3.8) is 0 Å². The van der Waals surface area contributed by atoms with Gasteiger partial charge in [0, 0.05) is 12.8 Å². The minimum atomic E-state index is -1.62. The number of nitrogens with zero attached hydrogens (tertiary/aromatic N) is 1. The zero-order chi connectivity index (χ0) is 61.9. The van der Waals surface area contributed by atoms with E-state index in [1.54, 1.807) is 0 Å². The molecule has 85 heavy (non-hydrogen) atoms. The van der Waals surface area contributed by atoms with Crippen LogP contribution in [0.3, 0.4) is 0 Å². The maximum Gasteiger partial charge on any atom is 0.306 e. The second-order valence-corrected chi connectivity index (χ2v) is 24.8. The van der Waals surface area contributed by atoms with E-state index in [0.29, 0.717) is 23.9 Å². The van der Waals surface area contributed by atoms with Crippen molar-refractivity contribution in [1.29, 1.82) is 0 Å². The number of carboxylic acids is 1. The number of hydrogen-bond donors (Lipinski definition) is 0. The standard InChI is InChI=1S/C76H133NO8/c1-6-8-10-12-14-16-18-20-22-24-26-28-30-31-32-33-34-35-36-37-38-39-40-41-42-43-45-47-49-51-53-55-57-59-61-63-65-67-74(79)85-72(71-84-76(75(80)81)82-69-68-77(3,4)5)70-83-73(78)66-64-62-60-58-56-54-52-50-48-46-44-29-27-25-23-21-19-17-15-13-11-9-7-2/h8,10,14,16,20,22,26,28,31-32,34-35,37-38,40-41,72,76H,6-7,9,11-13,15,17-19,21,23-25,27,29-30,33,36,39,42-71H2,1-5H3/b10-8-,16-14-,22-20-,28-26-,32-31-,35-34-,38-37-,41-40-. The number of unbranched alkanes of at least 4 members (excludes halogenated alkanes) is 34. The largest absolute Gasteiger partial charge is 0.545 e. The number of likely N-dealkylation sites (N-methyl/N-ethyl adjacent to an activating group) is 1. The van der Waals surface area contributed by atoms with Crippen molar-refractivity contribution in [2.45, 2.75) is 322 Å². The Hall–Kier alpha value is -3.79. The molecule has 0 bridgehead atoms. The summed E-state index contributed by atoms with van der Waals surface area (Å²) < 4.78 is 22.8. The Bertz CT molecular complexity index is 1720. The topological polar surface area (TPSA) is 111 Å². The molecule has 0 spiro atoms. The van der Waals surface area contributed by atoms with Gasteiger partial charge in [0.2, 0.25) is 0 Å². The van der Waals surface area contributed by atoms with Crippen LogP contribution in [-0.2, 0) is 33.3 Å². The molecule has 0 aromatic heterocycles. The molecule has 0 saturated heterocycles. The molecular weight excluding hydrogens is 1050 g/mol. The molecule has 0 aromatic carbocycles. The molecule has 0 N–H and O–H groups in total. The molecular formula is C76H133NO8. The van der Waals surface area contributed by atoms with Crippen molar-refractivity contribution in [3.05, 3.63) is 97.2 Å². The van der Waals surface area contributed by atoms with Crippen molar-refractivity contribution in [2.75, 3.05) is 47.5 Å². The Balaban J connectivity index is 4.11. The van der Waals surface area contributed by atoms with Gasteiger partial charge in [-0.05, 0) is 77.0 Å². The van der Waals surface area contributed by atoms with E-state index >= 15 is 0 Å². The number of esters is 2. The van der Waals surface area contributed by atoms with E-state index in [4.69, 9.17) is 18.9 Å². The molecule has 2 atom stereocenters. The number of carbonyl (C=O) groups excluding carboxylic acids is 3. The Kier molecular flexibility index (Phi) is 63.2. The Morgan fingerprint density at radius 3 is 1.00 bits per heavy atom. The first kappa shape index (κ1) is 81.2. The number of aliphatic carboxylic acids is 1. The summed E-state index contributed by atoms with van der Waals surface area (Å²) in [7, 11) is 5.93. The summed E-state index contributed by atoms with van der Waals surface area (Å²) in [6.07, 6.45) is 87.7. The Labute approximate surface area is 524 Å². The van der Waals surface area contributed by atoms with Gasteiger partial charge in [-0.15, -0.1) is 0 Å². The third-order valence-electron chi connectivity index (χ3n) is 15.3. The van der Waals surface area contributed by atoms with Gasteiger partial charge in [0.25, 0.3) is 0 Å². The fourth-order valence-corrected chi connectivity index (χ4v) is 9.97. The second kappa shape index (κ2) is 66.2. The first-order chi connectivity index (χ1) is 41.6. The number of ether oxygens (including phenoxy) is 4. The highest BCUT2D eigenvalue weighted by Crippen LogP contribution is 2.18. The summed E-state index contributed by atoms with van der Waals surface area (Å²) in [6.45, 7) is 4.67. The Morgan fingerprint density at radius 1 is 0.365 bits per heavy atom. The lowest BCUT2D eigenvalue weighted by atomic mass is 10.0. The first-order valence-corrected chi connectivity index (χ1v) is 35.4. The average Bonchev–Trinajstić information content (AvgIpc) is 3.48. The highest BCUT2D eigenvalue weighted by Gasteiger charge is 2.22. The number of carboxylic acid groups (broad SMARTS) is 1. The minimum absolute atomic E-state index is 0.146. The molecule has 0 saturated carbocycles. The van der Waals surface area contributed by atoms with E-state index in [-0.39, 0.29) is 32.2 Å². The molecule has 9 nitrogen and oxygen atoms in total. The molecule has 0 aliphatic carbocycles. The lowest BCUT2D eigenvalue weighted by Crippen LogP contribution is -2.44. The third kappa shape index (κ3) is 67.6. The molecule has 0 radical (unpaired) electrons. The van der Waals surface area contributed by atoms with E-state index in [1.807, 2.05) is 21.1 Å². The molecule has 0 aliphatic rings. The number of carbonyl (C=O) groups is 3. The second-order valence-electron chi connectivity index (χ2n) is 24.8. The summed E-state index contributed by atoms with van der Waals surface area (Å²) in [4.78, 5) is 37.5. The van der Waals surface area contributed by atoms with Gasteiger partial charge in [-0.3, -0.25) is 9.59 Å². The van der Waals surface area contributed by atoms with Gasteiger partial charge < -0.3 is 33.3 Å². The summed E-state index contributed by atoms with van der Waals surface area (Å²) in [5.41, 5.74) is 0.